The summed E-state index contributed by atoms with van der Waals surface area (Å²) in [6, 6.07) is 0. The number of carboxylic acids is 1. The van der Waals surface area contributed by atoms with E-state index in [0.717, 1.165) is 11.6 Å². The second-order valence-corrected chi connectivity index (χ2v) is 4.64. The van der Waals surface area contributed by atoms with Gasteiger partial charge in [-0.25, -0.2) is 0 Å². The Kier molecular flexibility index (Phi) is 3.12. The molecule has 1 heterocycles. The van der Waals surface area contributed by atoms with E-state index in [-0.39, 0.29) is 11.8 Å². The lowest BCUT2D eigenvalue weighted by Gasteiger charge is -2.16. The van der Waals surface area contributed by atoms with Gasteiger partial charge < -0.3 is 9.67 Å². The van der Waals surface area contributed by atoms with Gasteiger partial charge in [-0.3, -0.25) is 4.79 Å². The largest absolute Gasteiger partial charge is 0.481 e. The molecule has 0 amide bonds. The van der Waals surface area contributed by atoms with Crippen molar-refractivity contribution in [3.63, 3.8) is 0 Å². The van der Waals surface area contributed by atoms with Gasteiger partial charge >= 0.3 is 5.97 Å². The van der Waals surface area contributed by atoms with Crippen LogP contribution in [0.15, 0.2) is 0 Å². The quantitative estimate of drug-likeness (QED) is 0.813. The highest BCUT2D eigenvalue weighted by molar-refractivity contribution is 5.66. The molecule has 84 valence electrons. The van der Waals surface area contributed by atoms with Gasteiger partial charge in [-0.2, -0.15) is 0 Å². The summed E-state index contributed by atoms with van der Waals surface area (Å²) >= 11 is 0. The van der Waals surface area contributed by atoms with Gasteiger partial charge in [0.2, 0.25) is 0 Å². The van der Waals surface area contributed by atoms with Gasteiger partial charge in [0.25, 0.3) is 0 Å². The highest BCUT2D eigenvalue weighted by Gasteiger charge is 2.21. The fraction of sp³-hybridized carbons (Fsp3) is 0.700. The molecule has 0 unspecified atom stereocenters. The molecule has 1 aromatic heterocycles. The standard InChI is InChI=1S/C10H17N3O2/c1-10(2,3)9-12-11-7(13(9)4)5-6-8(14)15/h5-6H2,1-4H3,(H,14,15). The van der Waals surface area contributed by atoms with E-state index in [4.69, 9.17) is 5.11 Å². The van der Waals surface area contributed by atoms with E-state index >= 15 is 0 Å². The second-order valence-electron chi connectivity index (χ2n) is 4.64. The summed E-state index contributed by atoms with van der Waals surface area (Å²) < 4.78 is 1.88. The Bertz CT molecular complexity index is 363. The van der Waals surface area contributed by atoms with Crippen molar-refractivity contribution in [2.75, 3.05) is 0 Å². The highest BCUT2D eigenvalue weighted by atomic mass is 16.4. The van der Waals surface area contributed by atoms with Crippen LogP contribution in [0.1, 0.15) is 38.8 Å². The Balaban J connectivity index is 2.85. The fourth-order valence-corrected chi connectivity index (χ4v) is 1.45. The number of nitrogens with zero attached hydrogens (tertiary/aromatic N) is 3. The first-order chi connectivity index (χ1) is 6.82. The van der Waals surface area contributed by atoms with Crippen molar-refractivity contribution < 1.29 is 9.90 Å². The van der Waals surface area contributed by atoms with Crippen LogP contribution in [0, 0.1) is 0 Å². The smallest absolute Gasteiger partial charge is 0.303 e. The minimum atomic E-state index is -0.810. The van der Waals surface area contributed by atoms with E-state index in [0.29, 0.717) is 6.42 Å². The molecule has 0 aliphatic heterocycles. The number of hydrogen-bond donors (Lipinski definition) is 1. The Labute approximate surface area is 89.1 Å². The SMILES string of the molecule is Cn1c(CCC(=O)O)nnc1C(C)(C)C. The second kappa shape index (κ2) is 4.00. The minimum Gasteiger partial charge on any atom is -0.481 e. The van der Waals surface area contributed by atoms with Crippen LogP contribution >= 0.6 is 0 Å². The normalized spacial score (nSPS) is 11.7. The predicted octanol–water partition coefficient (Wildman–Crippen LogP) is 1.13. The summed E-state index contributed by atoms with van der Waals surface area (Å²) in [7, 11) is 1.87. The maximum Gasteiger partial charge on any atom is 0.303 e. The zero-order valence-electron chi connectivity index (χ0n) is 9.61. The molecular weight excluding hydrogens is 194 g/mol. The molecule has 0 saturated heterocycles. The fourth-order valence-electron chi connectivity index (χ4n) is 1.45. The summed E-state index contributed by atoms with van der Waals surface area (Å²) in [6.07, 6.45) is 0.519. The van der Waals surface area contributed by atoms with Crippen molar-refractivity contribution in [1.29, 1.82) is 0 Å². The van der Waals surface area contributed by atoms with Crippen molar-refractivity contribution >= 4 is 5.97 Å². The number of aromatic nitrogens is 3. The van der Waals surface area contributed by atoms with Crippen LogP contribution < -0.4 is 0 Å². The molecule has 0 radical (unpaired) electrons. The highest BCUT2D eigenvalue weighted by Crippen LogP contribution is 2.20. The van der Waals surface area contributed by atoms with Crippen LogP contribution in [-0.4, -0.2) is 25.8 Å². The molecule has 0 aromatic carbocycles. The third-order valence-electron chi connectivity index (χ3n) is 2.20. The van der Waals surface area contributed by atoms with Crippen LogP contribution in [0.3, 0.4) is 0 Å². The van der Waals surface area contributed by atoms with Crippen molar-refractivity contribution in [1.82, 2.24) is 14.8 Å². The molecule has 0 fully saturated rings. The maximum absolute atomic E-state index is 10.4. The zero-order valence-corrected chi connectivity index (χ0v) is 9.61. The van der Waals surface area contributed by atoms with E-state index in [9.17, 15) is 4.79 Å². The van der Waals surface area contributed by atoms with Crippen LogP contribution in [-0.2, 0) is 23.7 Å². The lowest BCUT2D eigenvalue weighted by molar-refractivity contribution is -0.137. The van der Waals surface area contributed by atoms with Gasteiger partial charge in [0.15, 0.2) is 0 Å². The molecule has 5 nitrogen and oxygen atoms in total. The van der Waals surface area contributed by atoms with Crippen LogP contribution in [0.4, 0.5) is 0 Å². The van der Waals surface area contributed by atoms with Crippen LogP contribution in [0.25, 0.3) is 0 Å². The Hall–Kier alpha value is -1.39. The summed E-state index contributed by atoms with van der Waals surface area (Å²) in [5.41, 5.74) is -0.0662. The van der Waals surface area contributed by atoms with E-state index in [1.54, 1.807) is 0 Å². The number of hydrogen-bond acceptors (Lipinski definition) is 3. The van der Waals surface area contributed by atoms with Crippen molar-refractivity contribution in [3.05, 3.63) is 11.6 Å². The molecule has 0 atom stereocenters. The molecule has 0 bridgehead atoms. The molecule has 0 aliphatic rings. The maximum atomic E-state index is 10.4. The average Bonchev–Trinajstić information content (AvgIpc) is 2.42. The summed E-state index contributed by atoms with van der Waals surface area (Å²) in [5, 5.41) is 16.7. The first-order valence-electron chi connectivity index (χ1n) is 4.93. The topological polar surface area (TPSA) is 68.0 Å². The van der Waals surface area contributed by atoms with E-state index in [1.807, 2.05) is 11.6 Å². The Morgan fingerprint density at radius 3 is 2.40 bits per heavy atom. The molecule has 15 heavy (non-hydrogen) atoms. The molecule has 0 spiro atoms. The van der Waals surface area contributed by atoms with Crippen LogP contribution in [0.2, 0.25) is 0 Å². The summed E-state index contributed by atoms with van der Waals surface area (Å²) in [6.45, 7) is 6.16. The summed E-state index contributed by atoms with van der Waals surface area (Å²) in [4.78, 5) is 10.4. The van der Waals surface area contributed by atoms with E-state index < -0.39 is 5.97 Å². The predicted molar refractivity (Wildman–Crippen MR) is 55.7 cm³/mol. The first kappa shape index (κ1) is 11.7. The Morgan fingerprint density at radius 2 is 2.00 bits per heavy atom. The van der Waals surface area contributed by atoms with E-state index in [1.165, 1.54) is 0 Å². The molecule has 0 aliphatic carbocycles. The third kappa shape index (κ3) is 2.78. The van der Waals surface area contributed by atoms with Gasteiger partial charge in [0.1, 0.15) is 11.6 Å². The molecule has 1 aromatic rings. The lowest BCUT2D eigenvalue weighted by Crippen LogP contribution is -2.18. The van der Waals surface area contributed by atoms with Gasteiger partial charge in [-0.1, -0.05) is 20.8 Å². The monoisotopic (exact) mass is 211 g/mol. The average molecular weight is 211 g/mol. The van der Waals surface area contributed by atoms with Crippen molar-refractivity contribution in [2.24, 2.45) is 7.05 Å². The molecule has 1 N–H and O–H groups in total. The zero-order chi connectivity index (χ0) is 11.6. The summed E-state index contributed by atoms with van der Waals surface area (Å²) in [5.74, 6) is 0.792. The van der Waals surface area contributed by atoms with Gasteiger partial charge in [-0.15, -0.1) is 10.2 Å². The number of rotatable bonds is 3. The molecule has 0 saturated carbocycles. The van der Waals surface area contributed by atoms with Crippen molar-refractivity contribution in [3.8, 4) is 0 Å². The van der Waals surface area contributed by atoms with Crippen LogP contribution in [0.5, 0.6) is 0 Å². The molecular formula is C10H17N3O2. The van der Waals surface area contributed by atoms with Crippen molar-refractivity contribution in [2.45, 2.75) is 39.0 Å². The van der Waals surface area contributed by atoms with Gasteiger partial charge in [0, 0.05) is 18.9 Å². The third-order valence-corrected chi connectivity index (χ3v) is 2.20. The van der Waals surface area contributed by atoms with Gasteiger partial charge in [-0.05, 0) is 0 Å². The minimum absolute atomic E-state index is 0.0662. The number of aryl methyl sites for hydroxylation is 1. The Morgan fingerprint density at radius 1 is 1.40 bits per heavy atom. The first-order valence-corrected chi connectivity index (χ1v) is 4.93. The molecule has 5 heteroatoms. The van der Waals surface area contributed by atoms with Gasteiger partial charge in [0.05, 0.1) is 6.42 Å². The number of carboxylic acid groups (broad SMARTS) is 1. The number of carbonyl (C=O) groups is 1. The van der Waals surface area contributed by atoms with E-state index in [2.05, 4.69) is 31.0 Å². The molecule has 1 rings (SSSR count). The number of aliphatic carboxylic acids is 1. The lowest BCUT2D eigenvalue weighted by atomic mass is 9.96.